The van der Waals surface area contributed by atoms with E-state index in [1.165, 1.54) is 65.7 Å². The van der Waals surface area contributed by atoms with Gasteiger partial charge in [-0.15, -0.1) is 0 Å². The molecule has 10 rings (SSSR count). The fourth-order valence-electron chi connectivity index (χ4n) is 9.23. The molecule has 0 saturated carbocycles. The van der Waals surface area contributed by atoms with Gasteiger partial charge in [-0.2, -0.15) is 0 Å². The van der Waals surface area contributed by atoms with Crippen molar-refractivity contribution < 1.29 is 0 Å². The van der Waals surface area contributed by atoms with Crippen molar-refractivity contribution in [3.63, 3.8) is 0 Å². The van der Waals surface area contributed by atoms with Crippen molar-refractivity contribution in [3.8, 4) is 22.3 Å². The fourth-order valence-corrected chi connectivity index (χ4v) is 9.23. The van der Waals surface area contributed by atoms with E-state index in [-0.39, 0.29) is 10.8 Å². The Hall–Kier alpha value is -7.42. The second-order valence-corrected chi connectivity index (χ2v) is 19.1. The highest BCUT2D eigenvalue weighted by Gasteiger charge is 2.23. The molecule has 10 aromatic rings. The average Bonchev–Trinajstić information content (AvgIpc) is 3.32. The SMILES string of the molecule is CC(C)(C)c1ccc(N(c2ccc(-c3ccccc3)cc2)c2cc3c4cccc(N(c5ccc(-c6ccccc6)cc5)c5ccc(C(C)(C)C)cc5)c4ccc3c3ccccc23)cc1. The molecular formula is C62H54N2. The summed E-state index contributed by atoms with van der Waals surface area (Å²) in [4.78, 5) is 4.87. The van der Waals surface area contributed by atoms with E-state index < -0.39 is 0 Å². The van der Waals surface area contributed by atoms with Crippen molar-refractivity contribution in [2.45, 2.75) is 52.4 Å². The monoisotopic (exact) mass is 826 g/mol. The molecule has 0 aliphatic heterocycles. The lowest BCUT2D eigenvalue weighted by Gasteiger charge is -2.30. The molecule has 0 aromatic heterocycles. The van der Waals surface area contributed by atoms with Gasteiger partial charge in [0.2, 0.25) is 0 Å². The van der Waals surface area contributed by atoms with Gasteiger partial charge in [0, 0.05) is 33.5 Å². The first-order valence-corrected chi connectivity index (χ1v) is 22.5. The average molecular weight is 827 g/mol. The molecule has 0 bridgehead atoms. The Morgan fingerprint density at radius 1 is 0.250 bits per heavy atom. The minimum Gasteiger partial charge on any atom is -0.310 e. The summed E-state index contributed by atoms with van der Waals surface area (Å²) in [7, 11) is 0. The molecule has 0 spiro atoms. The van der Waals surface area contributed by atoms with Crippen LogP contribution in [0.25, 0.3) is 54.6 Å². The summed E-state index contributed by atoms with van der Waals surface area (Å²) >= 11 is 0. The number of anilines is 6. The topological polar surface area (TPSA) is 6.48 Å². The Labute approximate surface area is 378 Å². The summed E-state index contributed by atoms with van der Waals surface area (Å²) in [6.45, 7) is 13.7. The van der Waals surface area contributed by atoms with Crippen LogP contribution in [0.15, 0.2) is 218 Å². The van der Waals surface area contributed by atoms with E-state index in [1.54, 1.807) is 0 Å². The van der Waals surface area contributed by atoms with E-state index in [0.29, 0.717) is 0 Å². The molecule has 0 fully saturated rings. The van der Waals surface area contributed by atoms with Crippen molar-refractivity contribution in [1.82, 2.24) is 0 Å². The van der Waals surface area contributed by atoms with Gasteiger partial charge in [-0.25, -0.2) is 0 Å². The van der Waals surface area contributed by atoms with Crippen LogP contribution in [0, 0.1) is 0 Å². The van der Waals surface area contributed by atoms with Crippen molar-refractivity contribution in [3.05, 3.63) is 230 Å². The Morgan fingerprint density at radius 2 is 0.578 bits per heavy atom. The van der Waals surface area contributed by atoms with Crippen LogP contribution >= 0.6 is 0 Å². The van der Waals surface area contributed by atoms with E-state index in [4.69, 9.17) is 0 Å². The first kappa shape index (κ1) is 40.6. The number of benzene rings is 10. The molecule has 0 radical (unpaired) electrons. The summed E-state index contributed by atoms with van der Waals surface area (Å²) in [6.07, 6.45) is 0. The molecule has 0 heterocycles. The van der Waals surface area contributed by atoms with Gasteiger partial charge in [0.25, 0.3) is 0 Å². The molecule has 10 aromatic carbocycles. The zero-order valence-corrected chi connectivity index (χ0v) is 37.7. The molecule has 0 unspecified atom stereocenters. The van der Waals surface area contributed by atoms with E-state index in [0.717, 1.165) is 34.1 Å². The summed E-state index contributed by atoms with van der Waals surface area (Å²) in [5, 5.41) is 7.29. The Kier molecular flexibility index (Phi) is 10.4. The van der Waals surface area contributed by atoms with Gasteiger partial charge >= 0.3 is 0 Å². The lowest BCUT2D eigenvalue weighted by atomic mass is 9.87. The third-order valence-electron chi connectivity index (χ3n) is 12.8. The van der Waals surface area contributed by atoms with Crippen LogP contribution in [0.3, 0.4) is 0 Å². The van der Waals surface area contributed by atoms with Crippen LogP contribution in [-0.2, 0) is 10.8 Å². The highest BCUT2D eigenvalue weighted by molar-refractivity contribution is 6.23. The lowest BCUT2D eigenvalue weighted by Crippen LogP contribution is -2.13. The maximum atomic E-state index is 2.45. The van der Waals surface area contributed by atoms with Gasteiger partial charge in [-0.05, 0) is 126 Å². The van der Waals surface area contributed by atoms with Crippen molar-refractivity contribution in [2.24, 2.45) is 0 Å². The molecule has 2 heteroatoms. The third-order valence-corrected chi connectivity index (χ3v) is 12.8. The number of fused-ring (bicyclic) bond motifs is 5. The second kappa shape index (κ2) is 16.4. The van der Waals surface area contributed by atoms with Crippen molar-refractivity contribution >= 4 is 66.4 Å². The van der Waals surface area contributed by atoms with Crippen LogP contribution < -0.4 is 9.80 Å². The van der Waals surface area contributed by atoms with E-state index in [1.807, 2.05) is 0 Å². The minimum atomic E-state index is 0.0411. The molecule has 0 saturated heterocycles. The predicted octanol–water partition coefficient (Wildman–Crippen LogP) is 18.0. The zero-order chi connectivity index (χ0) is 44.0. The molecule has 0 atom stereocenters. The lowest BCUT2D eigenvalue weighted by molar-refractivity contribution is 0.590. The molecule has 64 heavy (non-hydrogen) atoms. The van der Waals surface area contributed by atoms with E-state index >= 15 is 0 Å². The third kappa shape index (κ3) is 7.71. The van der Waals surface area contributed by atoms with Crippen LogP contribution in [0.5, 0.6) is 0 Å². The normalized spacial score (nSPS) is 11.9. The van der Waals surface area contributed by atoms with Crippen molar-refractivity contribution in [2.75, 3.05) is 9.80 Å². The highest BCUT2D eigenvalue weighted by Crippen LogP contribution is 2.47. The van der Waals surface area contributed by atoms with Crippen LogP contribution in [0.2, 0.25) is 0 Å². The summed E-state index contributed by atoms with van der Waals surface area (Å²) in [5.41, 5.74) is 14.3. The standard InChI is InChI=1S/C62H54N2/c1-61(2,3)47-28-36-51(37-29-47)63(49-32-24-45(25-33-49)43-16-9-7-10-17-43)59-23-15-22-54-57(59)41-40-55-53-20-13-14-21-56(53)60(42-58(54)55)64(52-38-30-48(31-39-52)62(4,5)6)50-34-26-46(27-35-50)44-18-11-8-12-19-44/h7-42H,1-6H3. The number of nitrogens with zero attached hydrogens (tertiary/aromatic N) is 2. The second-order valence-electron chi connectivity index (χ2n) is 19.1. The molecular weight excluding hydrogens is 773 g/mol. The fraction of sp³-hybridized carbons (Fsp3) is 0.129. The molecule has 0 N–H and O–H groups in total. The molecule has 0 amide bonds. The smallest absolute Gasteiger partial charge is 0.0546 e. The maximum absolute atomic E-state index is 2.45. The number of hydrogen-bond donors (Lipinski definition) is 0. The molecule has 0 aliphatic rings. The van der Waals surface area contributed by atoms with E-state index in [2.05, 4.69) is 270 Å². The maximum Gasteiger partial charge on any atom is 0.0546 e. The van der Waals surface area contributed by atoms with Gasteiger partial charge in [-0.1, -0.05) is 199 Å². The van der Waals surface area contributed by atoms with Crippen molar-refractivity contribution in [1.29, 1.82) is 0 Å². The Morgan fingerprint density at radius 3 is 1.05 bits per heavy atom. The quantitative estimate of drug-likeness (QED) is 0.141. The largest absolute Gasteiger partial charge is 0.310 e. The number of hydrogen-bond acceptors (Lipinski definition) is 2. The van der Waals surface area contributed by atoms with Crippen LogP contribution in [0.4, 0.5) is 34.1 Å². The van der Waals surface area contributed by atoms with Crippen LogP contribution in [0.1, 0.15) is 52.7 Å². The highest BCUT2D eigenvalue weighted by atomic mass is 15.1. The summed E-state index contributed by atoms with van der Waals surface area (Å²) < 4.78 is 0. The molecule has 312 valence electrons. The van der Waals surface area contributed by atoms with Gasteiger partial charge in [0.05, 0.1) is 11.4 Å². The van der Waals surface area contributed by atoms with Gasteiger partial charge in [0.15, 0.2) is 0 Å². The first-order valence-electron chi connectivity index (χ1n) is 22.5. The van der Waals surface area contributed by atoms with Gasteiger partial charge < -0.3 is 9.80 Å². The molecule has 0 aliphatic carbocycles. The summed E-state index contributed by atoms with van der Waals surface area (Å²) in [5.74, 6) is 0. The predicted molar refractivity (Wildman–Crippen MR) is 277 cm³/mol. The van der Waals surface area contributed by atoms with Gasteiger partial charge in [0.1, 0.15) is 0 Å². The van der Waals surface area contributed by atoms with E-state index in [9.17, 15) is 0 Å². The number of rotatable bonds is 8. The Bertz CT molecular complexity index is 3230. The minimum absolute atomic E-state index is 0.0411. The summed E-state index contributed by atoms with van der Waals surface area (Å²) in [6, 6.07) is 80.4. The zero-order valence-electron chi connectivity index (χ0n) is 37.7. The first-order chi connectivity index (χ1) is 31.0. The Balaban J connectivity index is 1.18. The van der Waals surface area contributed by atoms with Gasteiger partial charge in [-0.3, -0.25) is 0 Å². The van der Waals surface area contributed by atoms with Crippen LogP contribution in [-0.4, -0.2) is 0 Å². The molecule has 2 nitrogen and oxygen atoms in total.